The van der Waals surface area contributed by atoms with Gasteiger partial charge in [0.05, 0.1) is 6.10 Å². The second-order valence-electron chi connectivity index (χ2n) is 4.52. The van der Waals surface area contributed by atoms with Crippen molar-refractivity contribution in [2.75, 3.05) is 13.2 Å². The van der Waals surface area contributed by atoms with E-state index in [0.29, 0.717) is 6.10 Å². The molecule has 0 bridgehead atoms. The Morgan fingerprint density at radius 3 is 2.76 bits per heavy atom. The lowest BCUT2D eigenvalue weighted by Gasteiger charge is -2.09. The second kappa shape index (κ2) is 7.70. The van der Waals surface area contributed by atoms with Crippen LogP contribution in [0.4, 0.5) is 0 Å². The maximum absolute atomic E-state index is 5.91. The molecule has 96 valence electrons. The van der Waals surface area contributed by atoms with Gasteiger partial charge in [0.25, 0.3) is 0 Å². The first-order valence-corrected chi connectivity index (χ1v) is 6.54. The second-order valence-corrected chi connectivity index (χ2v) is 4.96. The van der Waals surface area contributed by atoms with E-state index in [9.17, 15) is 0 Å². The maximum Gasteiger partial charge on any atom is 0.0518 e. The first-order valence-electron chi connectivity index (χ1n) is 6.17. The summed E-state index contributed by atoms with van der Waals surface area (Å²) in [6.45, 7) is 8.91. The number of halogens is 1. The van der Waals surface area contributed by atoms with Gasteiger partial charge in [-0.25, -0.2) is 0 Å². The van der Waals surface area contributed by atoms with Gasteiger partial charge in [0, 0.05) is 18.2 Å². The minimum atomic E-state index is 0.327. The minimum Gasteiger partial charge on any atom is -0.379 e. The highest BCUT2D eigenvalue weighted by Gasteiger charge is 1.99. The molecule has 0 fully saturated rings. The molecule has 0 saturated heterocycles. The summed E-state index contributed by atoms with van der Waals surface area (Å²) in [5.74, 6) is 0. The lowest BCUT2D eigenvalue weighted by atomic mass is 10.1. The van der Waals surface area contributed by atoms with Crippen molar-refractivity contribution in [1.82, 2.24) is 5.32 Å². The predicted molar refractivity (Wildman–Crippen MR) is 73.6 cm³/mol. The first kappa shape index (κ1) is 14.5. The maximum atomic E-state index is 5.91. The van der Waals surface area contributed by atoms with Gasteiger partial charge in [-0.15, -0.1) is 0 Å². The van der Waals surface area contributed by atoms with Gasteiger partial charge in [-0.1, -0.05) is 17.7 Å². The molecule has 0 radical (unpaired) electrons. The van der Waals surface area contributed by atoms with E-state index in [1.807, 2.05) is 12.1 Å². The van der Waals surface area contributed by atoms with Crippen LogP contribution in [0.3, 0.4) is 0 Å². The van der Waals surface area contributed by atoms with E-state index in [4.69, 9.17) is 16.3 Å². The Morgan fingerprint density at radius 2 is 2.12 bits per heavy atom. The summed E-state index contributed by atoms with van der Waals surface area (Å²) >= 11 is 5.91. The fourth-order valence-electron chi connectivity index (χ4n) is 1.60. The average molecular weight is 256 g/mol. The van der Waals surface area contributed by atoms with Crippen LogP contribution in [0, 0.1) is 6.92 Å². The van der Waals surface area contributed by atoms with Gasteiger partial charge in [-0.05, 0) is 57.0 Å². The predicted octanol–water partition coefficient (Wildman–Crippen LogP) is 3.55. The zero-order chi connectivity index (χ0) is 12.7. The van der Waals surface area contributed by atoms with Crippen molar-refractivity contribution in [2.45, 2.75) is 39.8 Å². The average Bonchev–Trinajstić information content (AvgIpc) is 2.25. The quantitative estimate of drug-likeness (QED) is 0.753. The molecule has 1 aromatic carbocycles. The highest BCUT2D eigenvalue weighted by molar-refractivity contribution is 6.30. The fraction of sp³-hybridized carbons (Fsp3) is 0.571. The van der Waals surface area contributed by atoms with Crippen LogP contribution >= 0.6 is 11.6 Å². The van der Waals surface area contributed by atoms with Gasteiger partial charge in [-0.3, -0.25) is 0 Å². The van der Waals surface area contributed by atoms with E-state index in [1.165, 1.54) is 11.1 Å². The third-order valence-corrected chi connectivity index (χ3v) is 2.80. The van der Waals surface area contributed by atoms with E-state index in [1.54, 1.807) is 0 Å². The summed E-state index contributed by atoms with van der Waals surface area (Å²) < 4.78 is 5.48. The molecule has 0 amide bonds. The van der Waals surface area contributed by atoms with E-state index in [-0.39, 0.29) is 0 Å². The number of nitrogens with one attached hydrogen (secondary N) is 1. The van der Waals surface area contributed by atoms with E-state index in [2.05, 4.69) is 32.2 Å². The van der Waals surface area contributed by atoms with Gasteiger partial charge in [0.2, 0.25) is 0 Å². The summed E-state index contributed by atoms with van der Waals surface area (Å²) in [5.41, 5.74) is 2.54. The summed E-state index contributed by atoms with van der Waals surface area (Å²) in [6.07, 6.45) is 1.37. The Bertz CT molecular complexity index is 339. The van der Waals surface area contributed by atoms with Crippen LogP contribution in [0.1, 0.15) is 31.4 Å². The molecular weight excluding hydrogens is 234 g/mol. The molecule has 0 saturated carbocycles. The van der Waals surface area contributed by atoms with Crippen LogP contribution in [-0.4, -0.2) is 19.3 Å². The molecule has 1 N–H and O–H groups in total. The van der Waals surface area contributed by atoms with Crippen molar-refractivity contribution in [2.24, 2.45) is 0 Å². The van der Waals surface area contributed by atoms with Crippen LogP contribution in [0.25, 0.3) is 0 Å². The molecule has 0 aliphatic rings. The Hall–Kier alpha value is -0.570. The van der Waals surface area contributed by atoms with Crippen LogP contribution in [0.15, 0.2) is 18.2 Å². The molecule has 0 spiro atoms. The topological polar surface area (TPSA) is 21.3 Å². The van der Waals surface area contributed by atoms with Crippen LogP contribution < -0.4 is 5.32 Å². The van der Waals surface area contributed by atoms with Crippen LogP contribution in [0.5, 0.6) is 0 Å². The molecule has 17 heavy (non-hydrogen) atoms. The van der Waals surface area contributed by atoms with E-state index >= 15 is 0 Å². The summed E-state index contributed by atoms with van der Waals surface area (Å²) in [7, 11) is 0. The lowest BCUT2D eigenvalue weighted by Crippen LogP contribution is -2.17. The van der Waals surface area contributed by atoms with Crippen molar-refractivity contribution < 1.29 is 4.74 Å². The zero-order valence-corrected chi connectivity index (χ0v) is 11.7. The molecule has 0 unspecified atom stereocenters. The number of aryl methyl sites for hydroxylation is 1. The summed E-state index contributed by atoms with van der Waals surface area (Å²) in [6, 6.07) is 6.02. The van der Waals surface area contributed by atoms with Crippen LogP contribution in [0.2, 0.25) is 5.02 Å². The highest BCUT2D eigenvalue weighted by Crippen LogP contribution is 2.14. The Morgan fingerprint density at radius 1 is 1.35 bits per heavy atom. The molecule has 1 rings (SSSR count). The zero-order valence-electron chi connectivity index (χ0n) is 10.9. The molecule has 0 aromatic heterocycles. The number of ether oxygens (including phenoxy) is 1. The molecule has 0 atom stereocenters. The molecular formula is C14H22ClNO. The molecule has 0 heterocycles. The lowest BCUT2D eigenvalue weighted by molar-refractivity contribution is 0.0770. The first-order chi connectivity index (χ1) is 8.09. The van der Waals surface area contributed by atoms with E-state index in [0.717, 1.165) is 31.1 Å². The van der Waals surface area contributed by atoms with Gasteiger partial charge >= 0.3 is 0 Å². The summed E-state index contributed by atoms with van der Waals surface area (Å²) in [5, 5.41) is 4.22. The van der Waals surface area contributed by atoms with E-state index < -0.39 is 0 Å². The van der Waals surface area contributed by atoms with Crippen molar-refractivity contribution in [3.05, 3.63) is 34.3 Å². The van der Waals surface area contributed by atoms with Gasteiger partial charge in [-0.2, -0.15) is 0 Å². The van der Waals surface area contributed by atoms with Crippen molar-refractivity contribution >= 4 is 11.6 Å². The standard InChI is InChI=1S/C14H22ClNO/c1-11(2)17-8-4-7-16-10-13-5-6-14(15)9-12(13)3/h5-6,9,11,16H,4,7-8,10H2,1-3H3. The number of benzene rings is 1. The Balaban J connectivity index is 2.18. The normalized spacial score (nSPS) is 11.1. The Labute approximate surface area is 109 Å². The van der Waals surface area contributed by atoms with Gasteiger partial charge in [0.15, 0.2) is 0 Å². The molecule has 3 heteroatoms. The fourth-order valence-corrected chi connectivity index (χ4v) is 1.82. The third-order valence-electron chi connectivity index (χ3n) is 2.57. The third kappa shape index (κ3) is 6.06. The minimum absolute atomic E-state index is 0.327. The largest absolute Gasteiger partial charge is 0.379 e. The van der Waals surface area contributed by atoms with Gasteiger partial charge in [0.1, 0.15) is 0 Å². The van der Waals surface area contributed by atoms with Crippen molar-refractivity contribution in [1.29, 1.82) is 0 Å². The SMILES string of the molecule is Cc1cc(Cl)ccc1CNCCCOC(C)C. The monoisotopic (exact) mass is 255 g/mol. The number of hydrogen-bond donors (Lipinski definition) is 1. The van der Waals surface area contributed by atoms with Crippen molar-refractivity contribution in [3.63, 3.8) is 0 Å². The molecule has 2 nitrogen and oxygen atoms in total. The molecule has 0 aliphatic heterocycles. The number of hydrogen-bond acceptors (Lipinski definition) is 2. The molecule has 1 aromatic rings. The molecule has 0 aliphatic carbocycles. The van der Waals surface area contributed by atoms with Crippen LogP contribution in [-0.2, 0) is 11.3 Å². The Kier molecular flexibility index (Phi) is 6.56. The summed E-state index contributed by atoms with van der Waals surface area (Å²) in [4.78, 5) is 0. The number of rotatable bonds is 7. The van der Waals surface area contributed by atoms with Gasteiger partial charge < -0.3 is 10.1 Å². The smallest absolute Gasteiger partial charge is 0.0518 e. The highest BCUT2D eigenvalue weighted by atomic mass is 35.5. The van der Waals surface area contributed by atoms with Crippen molar-refractivity contribution in [3.8, 4) is 0 Å².